The van der Waals surface area contributed by atoms with E-state index in [9.17, 15) is 9.90 Å². The number of nitrogens with two attached hydrogens (primary N) is 1. The van der Waals surface area contributed by atoms with Gasteiger partial charge in [0.1, 0.15) is 30.8 Å². The molecule has 1 saturated heterocycles. The first kappa shape index (κ1) is 16.3. The summed E-state index contributed by atoms with van der Waals surface area (Å²) in [5.74, 6) is -0.0623. The predicted octanol–water partition coefficient (Wildman–Crippen LogP) is 0.566. The Balaban J connectivity index is 1.65. The summed E-state index contributed by atoms with van der Waals surface area (Å²) in [6.07, 6.45) is 3.89. The van der Waals surface area contributed by atoms with Crippen LogP contribution in [0, 0.1) is 0 Å². The second kappa shape index (κ2) is 6.93. The average Bonchev–Trinajstić information content (AvgIpc) is 3.15. The Morgan fingerprint density at radius 2 is 2.38 bits per heavy atom. The number of carbonyl (C=O) groups excluding carboxylic acids is 1. The number of fused-ring (bicyclic) bond motifs is 1. The van der Waals surface area contributed by atoms with Crippen molar-refractivity contribution in [3.05, 3.63) is 25.3 Å². The summed E-state index contributed by atoms with van der Waals surface area (Å²) in [5, 5.41) is 10.2. The molecule has 9 heteroatoms. The smallest absolute Gasteiger partial charge is 0.306 e. The van der Waals surface area contributed by atoms with E-state index in [-0.39, 0.29) is 24.8 Å². The van der Waals surface area contributed by atoms with Crippen molar-refractivity contribution in [2.75, 3.05) is 12.3 Å². The first-order chi connectivity index (χ1) is 11.6. The largest absolute Gasteiger partial charge is 0.463 e. The van der Waals surface area contributed by atoms with Crippen LogP contribution in [-0.4, -0.2) is 49.4 Å². The van der Waals surface area contributed by atoms with Crippen LogP contribution >= 0.6 is 0 Å². The van der Waals surface area contributed by atoms with Gasteiger partial charge in [0, 0.05) is 12.8 Å². The molecule has 3 rings (SSSR count). The number of imidazole rings is 1. The Labute approximate surface area is 138 Å². The highest BCUT2D eigenvalue weighted by Gasteiger charge is 2.36. The van der Waals surface area contributed by atoms with Gasteiger partial charge in [-0.25, -0.2) is 15.0 Å². The molecule has 2 aromatic heterocycles. The molecule has 0 unspecified atom stereocenters. The van der Waals surface area contributed by atoms with Gasteiger partial charge >= 0.3 is 5.97 Å². The minimum atomic E-state index is -0.751. The number of hydrogen-bond acceptors (Lipinski definition) is 8. The lowest BCUT2D eigenvalue weighted by molar-refractivity contribution is -0.150. The lowest BCUT2D eigenvalue weighted by atomic mass is 10.2. The van der Waals surface area contributed by atoms with Crippen molar-refractivity contribution >= 4 is 23.0 Å². The number of aliphatic hydroxyl groups is 1. The van der Waals surface area contributed by atoms with E-state index >= 15 is 0 Å². The van der Waals surface area contributed by atoms with E-state index in [1.165, 1.54) is 6.33 Å². The first-order valence-corrected chi connectivity index (χ1v) is 7.63. The van der Waals surface area contributed by atoms with Crippen molar-refractivity contribution in [2.45, 2.75) is 37.7 Å². The maximum atomic E-state index is 11.5. The highest BCUT2D eigenvalue weighted by Crippen LogP contribution is 2.31. The molecular weight excluding hydrogens is 314 g/mol. The van der Waals surface area contributed by atoms with E-state index in [0.29, 0.717) is 24.0 Å². The van der Waals surface area contributed by atoms with Crippen LogP contribution in [0.2, 0.25) is 0 Å². The van der Waals surface area contributed by atoms with Gasteiger partial charge in [0.2, 0.25) is 0 Å². The van der Waals surface area contributed by atoms with Gasteiger partial charge in [-0.1, -0.05) is 6.08 Å². The van der Waals surface area contributed by atoms with Crippen LogP contribution in [-0.2, 0) is 14.3 Å². The summed E-state index contributed by atoms with van der Waals surface area (Å²) in [6, 6.07) is 0. The van der Waals surface area contributed by atoms with Crippen LogP contribution in [0.5, 0.6) is 0 Å². The third-order valence-corrected chi connectivity index (χ3v) is 3.86. The minimum Gasteiger partial charge on any atom is -0.463 e. The zero-order valence-electron chi connectivity index (χ0n) is 13.0. The molecule has 128 valence electrons. The molecule has 0 radical (unpaired) electrons. The monoisotopic (exact) mass is 333 g/mol. The van der Waals surface area contributed by atoms with Gasteiger partial charge in [0.15, 0.2) is 11.5 Å². The summed E-state index contributed by atoms with van der Waals surface area (Å²) in [7, 11) is 0. The molecule has 0 aliphatic carbocycles. The predicted molar refractivity (Wildman–Crippen MR) is 84.7 cm³/mol. The molecule has 0 spiro atoms. The molecule has 9 nitrogen and oxygen atoms in total. The van der Waals surface area contributed by atoms with Crippen LogP contribution in [0.15, 0.2) is 25.3 Å². The Kier molecular flexibility index (Phi) is 4.72. The van der Waals surface area contributed by atoms with E-state index in [4.69, 9.17) is 15.2 Å². The van der Waals surface area contributed by atoms with E-state index in [2.05, 4.69) is 21.5 Å². The second-order valence-electron chi connectivity index (χ2n) is 5.53. The molecule has 2 aromatic rings. The number of carbonyl (C=O) groups is 1. The molecule has 1 fully saturated rings. The maximum Gasteiger partial charge on any atom is 0.306 e. The topological polar surface area (TPSA) is 125 Å². The summed E-state index contributed by atoms with van der Waals surface area (Å²) in [4.78, 5) is 23.8. The van der Waals surface area contributed by atoms with Crippen molar-refractivity contribution in [3.63, 3.8) is 0 Å². The Hall–Kier alpha value is -2.52. The lowest BCUT2D eigenvalue weighted by Crippen LogP contribution is -2.27. The molecular formula is C15H19N5O4. The van der Waals surface area contributed by atoms with E-state index in [0.717, 1.165) is 0 Å². The van der Waals surface area contributed by atoms with Crippen molar-refractivity contribution in [1.29, 1.82) is 0 Å². The molecule has 1 aliphatic rings. The minimum absolute atomic E-state index is 0.00258. The number of aromatic nitrogens is 4. The third-order valence-electron chi connectivity index (χ3n) is 3.86. The molecule has 1 aliphatic heterocycles. The van der Waals surface area contributed by atoms with Gasteiger partial charge in [-0.15, -0.1) is 6.58 Å². The molecule has 3 atom stereocenters. The van der Waals surface area contributed by atoms with Crippen LogP contribution in [0.3, 0.4) is 0 Å². The fourth-order valence-electron chi connectivity index (χ4n) is 2.58. The first-order valence-electron chi connectivity index (χ1n) is 7.63. The maximum absolute atomic E-state index is 11.5. The van der Waals surface area contributed by atoms with Crippen molar-refractivity contribution in [2.24, 2.45) is 0 Å². The molecule has 0 amide bonds. The Morgan fingerprint density at radius 1 is 1.54 bits per heavy atom. The zero-order valence-corrected chi connectivity index (χ0v) is 13.0. The van der Waals surface area contributed by atoms with E-state index in [1.54, 1.807) is 17.0 Å². The van der Waals surface area contributed by atoms with Gasteiger partial charge in [0.25, 0.3) is 0 Å². The molecule has 0 aromatic carbocycles. The number of nitrogens with zero attached hydrogens (tertiary/aromatic N) is 4. The van der Waals surface area contributed by atoms with Crippen molar-refractivity contribution in [1.82, 2.24) is 19.5 Å². The van der Waals surface area contributed by atoms with Crippen molar-refractivity contribution < 1.29 is 19.4 Å². The number of anilines is 1. The molecule has 0 saturated carbocycles. The molecule has 0 bridgehead atoms. The van der Waals surface area contributed by atoms with Crippen LogP contribution in [0.25, 0.3) is 11.2 Å². The zero-order chi connectivity index (χ0) is 17.1. The van der Waals surface area contributed by atoms with Crippen molar-refractivity contribution in [3.8, 4) is 0 Å². The quantitative estimate of drug-likeness (QED) is 0.580. The van der Waals surface area contributed by atoms with Gasteiger partial charge in [-0.05, 0) is 6.42 Å². The number of rotatable bonds is 6. The summed E-state index contributed by atoms with van der Waals surface area (Å²) in [6.45, 7) is 3.55. The number of nitrogen functional groups attached to an aromatic ring is 1. The molecule has 3 heterocycles. The number of ether oxygens (including phenoxy) is 2. The number of aliphatic hydroxyl groups excluding tert-OH is 1. The Morgan fingerprint density at radius 3 is 3.17 bits per heavy atom. The SMILES string of the molecule is C=CCCC(=O)OC[C@H]1O[C@@H](n2cnc3c(N)ncnc32)C[C@@H]1O. The van der Waals surface area contributed by atoms with Gasteiger partial charge in [0.05, 0.1) is 12.4 Å². The fourth-order valence-corrected chi connectivity index (χ4v) is 2.58. The van der Waals surface area contributed by atoms with Crippen LogP contribution in [0.4, 0.5) is 5.82 Å². The van der Waals surface area contributed by atoms with Crippen LogP contribution in [0.1, 0.15) is 25.5 Å². The van der Waals surface area contributed by atoms with Crippen LogP contribution < -0.4 is 5.73 Å². The lowest BCUT2D eigenvalue weighted by Gasteiger charge is -2.15. The van der Waals surface area contributed by atoms with Gasteiger partial charge in [-0.3, -0.25) is 9.36 Å². The Bertz CT molecular complexity index is 747. The second-order valence-corrected chi connectivity index (χ2v) is 5.53. The summed E-state index contributed by atoms with van der Waals surface area (Å²) < 4.78 is 12.6. The van der Waals surface area contributed by atoms with Gasteiger partial charge < -0.3 is 20.3 Å². The standard InChI is InChI=1S/C15H19N5O4/c1-2-3-4-12(22)23-6-10-9(21)5-11(24-10)20-8-19-13-14(16)17-7-18-15(13)20/h2,7-11,21H,1,3-6H2,(H2,16,17,18)/t9-,10+,11+/m0/s1. The third kappa shape index (κ3) is 3.22. The summed E-state index contributed by atoms with van der Waals surface area (Å²) >= 11 is 0. The number of allylic oxidation sites excluding steroid dienone is 1. The number of esters is 1. The molecule has 3 N–H and O–H groups in total. The fraction of sp³-hybridized carbons (Fsp3) is 0.467. The van der Waals surface area contributed by atoms with Gasteiger partial charge in [-0.2, -0.15) is 0 Å². The normalized spacial score (nSPS) is 23.5. The number of hydrogen-bond donors (Lipinski definition) is 2. The summed E-state index contributed by atoms with van der Waals surface area (Å²) in [5.41, 5.74) is 6.77. The average molecular weight is 333 g/mol. The highest BCUT2D eigenvalue weighted by atomic mass is 16.6. The van der Waals surface area contributed by atoms with E-state index < -0.39 is 18.4 Å². The highest BCUT2D eigenvalue weighted by molar-refractivity contribution is 5.81. The van der Waals surface area contributed by atoms with E-state index in [1.807, 2.05) is 0 Å². The molecule has 24 heavy (non-hydrogen) atoms.